The number of aromatic nitrogens is 1. The Morgan fingerprint density at radius 1 is 0.880 bits per heavy atom. The van der Waals surface area contributed by atoms with E-state index in [4.69, 9.17) is 18.9 Å². The van der Waals surface area contributed by atoms with Gasteiger partial charge in [-0.05, 0) is 36.8 Å². The van der Waals surface area contributed by atoms with Crippen molar-refractivity contribution in [2.75, 3.05) is 13.6 Å². The van der Waals surface area contributed by atoms with Crippen LogP contribution in [0.25, 0.3) is 22.0 Å². The molecule has 0 N–H and O–H groups in total. The van der Waals surface area contributed by atoms with Crippen molar-refractivity contribution in [3.8, 4) is 34.3 Å². The molecule has 0 spiro atoms. The molecule has 0 radical (unpaired) electrons. The number of fused-ring (bicyclic) bond motifs is 7. The molecule has 25 heavy (non-hydrogen) atoms. The molecule has 124 valence electrons. The summed E-state index contributed by atoms with van der Waals surface area (Å²) in [6.07, 6.45) is 3.17. The maximum absolute atomic E-state index is 5.72. The number of nitrogens with zero attached hydrogens (tertiary/aromatic N) is 1. The van der Waals surface area contributed by atoms with Gasteiger partial charge < -0.3 is 18.9 Å². The molecule has 0 amide bonds. The van der Waals surface area contributed by atoms with Crippen molar-refractivity contribution in [2.45, 2.75) is 19.9 Å². The van der Waals surface area contributed by atoms with Crippen LogP contribution in [-0.2, 0) is 13.0 Å². The third-order valence-electron chi connectivity index (χ3n) is 5.38. The van der Waals surface area contributed by atoms with Gasteiger partial charge in [-0.2, -0.15) is 4.57 Å². The lowest BCUT2D eigenvalue weighted by atomic mass is 9.92. The normalized spacial score (nSPS) is 16.0. The SMILES string of the molecule is Cc1c2[n+](cc3c4c(ccc13)OCO4)CCc1cc3c(cc1-2)OCO3. The average Bonchev–Trinajstić information content (AvgIpc) is 3.28. The van der Waals surface area contributed by atoms with E-state index in [2.05, 4.69) is 35.9 Å². The van der Waals surface area contributed by atoms with Gasteiger partial charge >= 0.3 is 0 Å². The van der Waals surface area contributed by atoms with Gasteiger partial charge in [-0.25, -0.2) is 0 Å². The summed E-state index contributed by atoms with van der Waals surface area (Å²) in [4.78, 5) is 0. The largest absolute Gasteiger partial charge is 0.454 e. The fourth-order valence-corrected chi connectivity index (χ4v) is 4.20. The third-order valence-corrected chi connectivity index (χ3v) is 5.38. The van der Waals surface area contributed by atoms with Crippen LogP contribution < -0.4 is 23.5 Å². The van der Waals surface area contributed by atoms with Crippen LogP contribution in [0.1, 0.15) is 11.1 Å². The fourth-order valence-electron chi connectivity index (χ4n) is 4.20. The Kier molecular flexibility index (Phi) is 2.44. The van der Waals surface area contributed by atoms with Crippen LogP contribution in [0, 0.1) is 6.92 Å². The Labute approximate surface area is 144 Å². The maximum Gasteiger partial charge on any atom is 0.231 e. The first-order valence-corrected chi connectivity index (χ1v) is 8.48. The van der Waals surface area contributed by atoms with E-state index in [1.165, 1.54) is 27.8 Å². The number of pyridine rings is 1. The second kappa shape index (κ2) is 4.57. The lowest BCUT2D eigenvalue weighted by molar-refractivity contribution is -0.686. The number of hydrogen-bond acceptors (Lipinski definition) is 4. The quantitative estimate of drug-likeness (QED) is 0.592. The minimum absolute atomic E-state index is 0.293. The molecule has 3 aliphatic heterocycles. The van der Waals surface area contributed by atoms with Gasteiger partial charge in [-0.15, -0.1) is 0 Å². The first-order valence-electron chi connectivity index (χ1n) is 8.48. The Morgan fingerprint density at radius 2 is 1.68 bits per heavy atom. The average molecular weight is 334 g/mol. The summed E-state index contributed by atoms with van der Waals surface area (Å²) in [5, 5.41) is 2.31. The number of ether oxygens (including phenoxy) is 4. The van der Waals surface area contributed by atoms with Gasteiger partial charge in [0.1, 0.15) is 0 Å². The van der Waals surface area contributed by atoms with Gasteiger partial charge in [0, 0.05) is 17.4 Å². The highest BCUT2D eigenvalue weighted by Gasteiger charge is 2.31. The van der Waals surface area contributed by atoms with Crippen molar-refractivity contribution in [3.05, 3.63) is 41.6 Å². The van der Waals surface area contributed by atoms with E-state index in [1.54, 1.807) is 0 Å². The highest BCUT2D eigenvalue weighted by molar-refractivity contribution is 5.95. The van der Waals surface area contributed by atoms with Crippen molar-refractivity contribution in [1.82, 2.24) is 0 Å². The zero-order valence-corrected chi connectivity index (χ0v) is 13.8. The van der Waals surface area contributed by atoms with Crippen molar-refractivity contribution >= 4 is 10.8 Å². The molecule has 0 atom stereocenters. The molecule has 6 rings (SSSR count). The monoisotopic (exact) mass is 334 g/mol. The Bertz CT molecular complexity index is 1070. The highest BCUT2D eigenvalue weighted by Crippen LogP contribution is 2.44. The summed E-state index contributed by atoms with van der Waals surface area (Å²) in [6, 6.07) is 8.37. The van der Waals surface area contributed by atoms with Gasteiger partial charge in [0.15, 0.2) is 35.7 Å². The molecular formula is C20H16NO4+. The Hall–Kier alpha value is -2.95. The third kappa shape index (κ3) is 1.70. The van der Waals surface area contributed by atoms with Crippen LogP contribution in [0.5, 0.6) is 23.0 Å². The summed E-state index contributed by atoms with van der Waals surface area (Å²) in [5.74, 6) is 3.37. The highest BCUT2D eigenvalue weighted by atomic mass is 16.7. The first kappa shape index (κ1) is 13.4. The molecule has 5 heteroatoms. The van der Waals surface area contributed by atoms with E-state index >= 15 is 0 Å². The predicted molar refractivity (Wildman–Crippen MR) is 90.3 cm³/mol. The molecule has 0 saturated heterocycles. The van der Waals surface area contributed by atoms with Gasteiger partial charge in [0.25, 0.3) is 0 Å². The van der Waals surface area contributed by atoms with E-state index in [0.29, 0.717) is 13.6 Å². The molecule has 1 aromatic heterocycles. The van der Waals surface area contributed by atoms with Crippen molar-refractivity contribution < 1.29 is 23.5 Å². The summed E-state index contributed by atoms with van der Waals surface area (Å²) >= 11 is 0. The van der Waals surface area contributed by atoms with E-state index in [9.17, 15) is 0 Å². The molecular weight excluding hydrogens is 318 g/mol. The van der Waals surface area contributed by atoms with Crippen LogP contribution in [0.4, 0.5) is 0 Å². The van der Waals surface area contributed by atoms with E-state index < -0.39 is 0 Å². The van der Waals surface area contributed by atoms with Gasteiger partial charge in [0.2, 0.25) is 19.3 Å². The molecule has 2 aromatic carbocycles. The van der Waals surface area contributed by atoms with Gasteiger partial charge in [-0.1, -0.05) is 0 Å². The van der Waals surface area contributed by atoms with E-state index in [1.807, 2.05) is 6.07 Å². The zero-order chi connectivity index (χ0) is 16.5. The molecule has 0 bridgehead atoms. The lowest BCUT2D eigenvalue weighted by Crippen LogP contribution is -2.40. The van der Waals surface area contributed by atoms with Gasteiger partial charge in [-0.3, -0.25) is 0 Å². The first-order chi connectivity index (χ1) is 12.3. The Morgan fingerprint density at radius 3 is 2.60 bits per heavy atom. The summed E-state index contributed by atoms with van der Waals surface area (Å²) in [6.45, 7) is 3.71. The summed E-state index contributed by atoms with van der Waals surface area (Å²) in [5.41, 5.74) is 5.03. The van der Waals surface area contributed by atoms with Crippen molar-refractivity contribution in [2.24, 2.45) is 0 Å². The Balaban J connectivity index is 1.66. The second-order valence-electron chi connectivity index (χ2n) is 6.67. The number of rotatable bonds is 0. The van der Waals surface area contributed by atoms with Crippen LogP contribution in [0.2, 0.25) is 0 Å². The molecule has 5 nitrogen and oxygen atoms in total. The molecule has 0 fully saturated rings. The second-order valence-corrected chi connectivity index (χ2v) is 6.67. The predicted octanol–water partition coefficient (Wildman–Crippen LogP) is 3.12. The van der Waals surface area contributed by atoms with E-state index in [-0.39, 0.29) is 0 Å². The minimum atomic E-state index is 0.293. The molecule has 0 unspecified atom stereocenters. The minimum Gasteiger partial charge on any atom is -0.454 e. The fraction of sp³-hybridized carbons (Fsp3) is 0.250. The van der Waals surface area contributed by atoms with Crippen LogP contribution in [0.15, 0.2) is 30.5 Å². The smallest absolute Gasteiger partial charge is 0.231 e. The van der Waals surface area contributed by atoms with Crippen LogP contribution >= 0.6 is 0 Å². The molecule has 3 aromatic rings. The molecule has 0 saturated carbocycles. The van der Waals surface area contributed by atoms with Crippen LogP contribution in [0.3, 0.4) is 0 Å². The van der Waals surface area contributed by atoms with Crippen molar-refractivity contribution in [3.63, 3.8) is 0 Å². The van der Waals surface area contributed by atoms with Gasteiger partial charge in [0.05, 0.1) is 10.9 Å². The molecule has 4 heterocycles. The number of hydrogen-bond donors (Lipinski definition) is 0. The standard InChI is InChI=1S/C20H16NO4/c1-11-13-2-3-16-20(25-10-22-16)15(13)8-21-5-4-12-6-17-18(24-9-23-17)7-14(12)19(11)21/h2-3,6-8H,4-5,9-10H2,1H3/q+1. The topological polar surface area (TPSA) is 40.8 Å². The lowest BCUT2D eigenvalue weighted by Gasteiger charge is -2.18. The van der Waals surface area contributed by atoms with E-state index in [0.717, 1.165) is 41.3 Å². The maximum atomic E-state index is 5.72. The number of aryl methyl sites for hydroxylation is 3. The number of benzene rings is 2. The summed E-state index contributed by atoms with van der Waals surface area (Å²) in [7, 11) is 0. The molecule has 0 aliphatic carbocycles. The van der Waals surface area contributed by atoms with Crippen molar-refractivity contribution in [1.29, 1.82) is 0 Å². The zero-order valence-electron chi connectivity index (χ0n) is 13.8. The van der Waals surface area contributed by atoms with Crippen LogP contribution in [-0.4, -0.2) is 13.6 Å². The summed E-state index contributed by atoms with van der Waals surface area (Å²) < 4.78 is 24.7. The molecule has 3 aliphatic rings.